The molecule has 17 heteroatoms. The molecule has 2 aromatic carbocycles. The largest absolute Gasteiger partial charge is 0.495 e. The van der Waals surface area contributed by atoms with Gasteiger partial charge in [0.15, 0.2) is 23.1 Å². The molecule has 2 rings (SSSR count). The predicted octanol–water partition coefficient (Wildman–Crippen LogP) is 1.51. The summed E-state index contributed by atoms with van der Waals surface area (Å²) in [5, 5.41) is 22.2. The molecule has 45 heavy (non-hydrogen) atoms. The van der Waals surface area contributed by atoms with E-state index in [2.05, 4.69) is 10.6 Å². The highest BCUT2D eigenvalue weighted by atomic mass is 32.2. The van der Waals surface area contributed by atoms with Gasteiger partial charge in [0.25, 0.3) is 11.8 Å². The fourth-order valence-electron chi connectivity index (χ4n) is 3.67. The van der Waals surface area contributed by atoms with Gasteiger partial charge in [-0.05, 0) is 35.4 Å². The van der Waals surface area contributed by atoms with Gasteiger partial charge in [-0.25, -0.2) is 8.42 Å². The lowest BCUT2D eigenvalue weighted by molar-refractivity contribution is -0.149. The zero-order valence-corrected chi connectivity index (χ0v) is 25.1. The van der Waals surface area contributed by atoms with E-state index >= 15 is 0 Å². The maximum absolute atomic E-state index is 13.1. The van der Waals surface area contributed by atoms with Crippen LogP contribution in [0.4, 0.5) is 11.4 Å². The number of hydrogen-bond acceptors (Lipinski definition) is 12. The van der Waals surface area contributed by atoms with E-state index in [9.17, 15) is 37.2 Å². The molecular formula is C28H32N2O14S. The lowest BCUT2D eigenvalue weighted by atomic mass is 10.2. The predicted molar refractivity (Wildman–Crippen MR) is 155 cm³/mol. The molecular weight excluding hydrogens is 620 g/mol. The molecule has 244 valence electrons. The third-order valence-electron chi connectivity index (χ3n) is 5.66. The van der Waals surface area contributed by atoms with Crippen molar-refractivity contribution < 1.29 is 66.3 Å². The van der Waals surface area contributed by atoms with Crippen LogP contribution in [0.25, 0.3) is 0 Å². The summed E-state index contributed by atoms with van der Waals surface area (Å²) >= 11 is 0. The van der Waals surface area contributed by atoms with Crippen LogP contribution in [0, 0.1) is 0 Å². The summed E-state index contributed by atoms with van der Waals surface area (Å²) in [5.41, 5.74) is 0.789. The summed E-state index contributed by atoms with van der Waals surface area (Å²) in [5.74, 6) is -6.18. The van der Waals surface area contributed by atoms with Crippen LogP contribution in [0.1, 0.15) is 36.8 Å². The van der Waals surface area contributed by atoms with Crippen LogP contribution in [0.5, 0.6) is 11.5 Å². The Morgan fingerprint density at radius 2 is 1.02 bits per heavy atom. The average molecular weight is 653 g/mol. The van der Waals surface area contributed by atoms with E-state index < -0.39 is 95.9 Å². The number of esters is 2. The molecule has 0 unspecified atom stereocenters. The number of sulfone groups is 1. The van der Waals surface area contributed by atoms with Crippen LogP contribution in [0.15, 0.2) is 36.4 Å². The first-order chi connectivity index (χ1) is 21.2. The first-order valence-electron chi connectivity index (χ1n) is 13.1. The summed E-state index contributed by atoms with van der Waals surface area (Å²) in [4.78, 5) is 68.8. The highest BCUT2D eigenvalue weighted by Gasteiger charge is 2.19. The third kappa shape index (κ3) is 13.3. The Bertz CT molecular complexity index is 1430. The summed E-state index contributed by atoms with van der Waals surface area (Å²) in [6.45, 7) is -1.40. The molecule has 0 aliphatic carbocycles. The SMILES string of the molecule is COc1ccc(CS(=O)(=O)Cc2ccc(OC)c(NC(=O)COC(=O)CCC(=O)O)c2)cc1NC(=O)COC(=O)CCC(=O)O. The Kier molecular flexibility index (Phi) is 13.8. The van der Waals surface area contributed by atoms with Crippen molar-refractivity contribution in [3.05, 3.63) is 47.5 Å². The Morgan fingerprint density at radius 1 is 0.644 bits per heavy atom. The quantitative estimate of drug-likeness (QED) is 0.167. The molecule has 0 bridgehead atoms. The van der Waals surface area contributed by atoms with Crippen molar-refractivity contribution in [2.75, 3.05) is 38.1 Å². The Balaban J connectivity index is 2.07. The maximum atomic E-state index is 13.1. The average Bonchev–Trinajstić information content (AvgIpc) is 2.96. The van der Waals surface area contributed by atoms with E-state index in [0.29, 0.717) is 0 Å². The second-order valence-corrected chi connectivity index (χ2v) is 11.4. The number of nitrogens with one attached hydrogen (secondary N) is 2. The fourth-order valence-corrected chi connectivity index (χ4v) is 5.15. The summed E-state index contributed by atoms with van der Waals surface area (Å²) in [7, 11) is -1.17. The number of carboxylic acid groups (broad SMARTS) is 2. The van der Waals surface area contributed by atoms with Gasteiger partial charge >= 0.3 is 23.9 Å². The van der Waals surface area contributed by atoms with Crippen LogP contribution in [0.2, 0.25) is 0 Å². The number of carbonyl (C=O) groups excluding carboxylic acids is 4. The van der Waals surface area contributed by atoms with Crippen LogP contribution in [-0.4, -0.2) is 81.8 Å². The summed E-state index contributed by atoms with van der Waals surface area (Å²) in [6, 6.07) is 8.59. The molecule has 0 aliphatic heterocycles. The lowest BCUT2D eigenvalue weighted by Gasteiger charge is -2.14. The minimum Gasteiger partial charge on any atom is -0.495 e. The third-order valence-corrected chi connectivity index (χ3v) is 7.21. The zero-order valence-electron chi connectivity index (χ0n) is 24.3. The van der Waals surface area contributed by atoms with Gasteiger partial charge in [0.2, 0.25) is 0 Å². The van der Waals surface area contributed by atoms with Gasteiger partial charge in [-0.3, -0.25) is 28.8 Å². The van der Waals surface area contributed by atoms with Gasteiger partial charge in [0.05, 0.1) is 62.8 Å². The molecule has 0 aliphatic rings. The van der Waals surface area contributed by atoms with Crippen LogP contribution in [-0.2, 0) is 59.6 Å². The summed E-state index contributed by atoms with van der Waals surface area (Å²) < 4.78 is 46.1. The molecule has 16 nitrogen and oxygen atoms in total. The van der Waals surface area contributed by atoms with Crippen molar-refractivity contribution in [1.82, 2.24) is 0 Å². The topological polar surface area (TPSA) is 238 Å². The normalized spacial score (nSPS) is 10.7. The number of methoxy groups -OCH3 is 2. The number of ether oxygens (including phenoxy) is 4. The van der Waals surface area contributed by atoms with Crippen molar-refractivity contribution in [3.8, 4) is 11.5 Å². The first kappa shape index (κ1) is 36.0. The van der Waals surface area contributed by atoms with E-state index in [0.717, 1.165) is 0 Å². The number of hydrogen-bond donors (Lipinski definition) is 4. The van der Waals surface area contributed by atoms with Gasteiger partial charge in [0, 0.05) is 0 Å². The van der Waals surface area contributed by atoms with Crippen molar-refractivity contribution in [1.29, 1.82) is 0 Å². The number of carbonyl (C=O) groups is 6. The summed E-state index contributed by atoms with van der Waals surface area (Å²) in [6.07, 6.45) is -1.72. The number of aliphatic carboxylic acids is 2. The highest BCUT2D eigenvalue weighted by Crippen LogP contribution is 2.29. The number of anilines is 2. The first-order valence-corrected chi connectivity index (χ1v) is 14.9. The van der Waals surface area contributed by atoms with E-state index in [1.807, 2.05) is 0 Å². The van der Waals surface area contributed by atoms with Gasteiger partial charge in [-0.1, -0.05) is 12.1 Å². The Hall–Kier alpha value is -5.19. The molecule has 0 radical (unpaired) electrons. The minimum atomic E-state index is -3.83. The van der Waals surface area contributed by atoms with Gasteiger partial charge in [-0.15, -0.1) is 0 Å². The van der Waals surface area contributed by atoms with E-state index in [-0.39, 0.29) is 34.0 Å². The second-order valence-electron chi connectivity index (χ2n) is 9.31. The monoisotopic (exact) mass is 652 g/mol. The van der Waals surface area contributed by atoms with Crippen molar-refractivity contribution in [3.63, 3.8) is 0 Å². The Morgan fingerprint density at radius 3 is 1.36 bits per heavy atom. The van der Waals surface area contributed by atoms with Crippen LogP contribution >= 0.6 is 0 Å². The number of carboxylic acids is 2. The maximum Gasteiger partial charge on any atom is 0.306 e. The Labute approximate surface area is 257 Å². The van der Waals surface area contributed by atoms with Gasteiger partial charge in [0.1, 0.15) is 11.5 Å². The fraction of sp³-hybridized carbons (Fsp3) is 0.357. The molecule has 4 N–H and O–H groups in total. The van der Waals surface area contributed by atoms with E-state index in [4.69, 9.17) is 29.2 Å². The van der Waals surface area contributed by atoms with Crippen LogP contribution < -0.4 is 20.1 Å². The number of benzene rings is 2. The van der Waals surface area contributed by atoms with Gasteiger partial charge in [-0.2, -0.15) is 0 Å². The second kappa shape index (κ2) is 17.2. The van der Waals surface area contributed by atoms with Gasteiger partial charge < -0.3 is 39.8 Å². The molecule has 0 heterocycles. The molecule has 0 atom stereocenters. The molecule has 2 aromatic rings. The van der Waals surface area contributed by atoms with Crippen molar-refractivity contribution in [2.24, 2.45) is 0 Å². The number of rotatable bonds is 18. The zero-order chi connectivity index (χ0) is 33.6. The molecule has 0 saturated carbocycles. The smallest absolute Gasteiger partial charge is 0.306 e. The molecule has 0 spiro atoms. The molecule has 0 fully saturated rings. The molecule has 0 saturated heterocycles. The lowest BCUT2D eigenvalue weighted by Crippen LogP contribution is -2.21. The standard InChI is InChI=1S/C28H32N2O14S/c1-41-21-5-3-17(11-19(21)29-23(31)13-43-27(37)9-7-25(33)34)15-45(39,40)16-18-4-6-22(42-2)20(12-18)30-24(32)14-44-28(38)10-8-26(35)36/h3-6,11-12H,7-10,13-16H2,1-2H3,(H,29,31)(H,30,32)(H,33,34)(H,35,36). The van der Waals surface area contributed by atoms with E-state index in [1.54, 1.807) is 0 Å². The molecule has 0 aromatic heterocycles. The van der Waals surface area contributed by atoms with Crippen LogP contribution in [0.3, 0.4) is 0 Å². The van der Waals surface area contributed by atoms with Crippen molar-refractivity contribution in [2.45, 2.75) is 37.2 Å². The van der Waals surface area contributed by atoms with Crippen molar-refractivity contribution >= 4 is 56.9 Å². The highest BCUT2D eigenvalue weighted by molar-refractivity contribution is 7.89. The molecule has 2 amide bonds. The minimum absolute atomic E-state index is 0.106. The number of amides is 2. The van der Waals surface area contributed by atoms with E-state index in [1.165, 1.54) is 50.6 Å².